The van der Waals surface area contributed by atoms with Crippen LogP contribution in [0.4, 0.5) is 10.5 Å². The number of thioether (sulfide) groups is 1. The summed E-state index contributed by atoms with van der Waals surface area (Å²) in [6.45, 7) is 1.90. The summed E-state index contributed by atoms with van der Waals surface area (Å²) >= 11 is 1.77. The van der Waals surface area contributed by atoms with Crippen LogP contribution < -0.4 is 10.3 Å². The molecule has 0 saturated heterocycles. The molecular weight excluding hydrogens is 322 g/mol. The fraction of sp³-hybridized carbons (Fsp3) is 0.471. The van der Waals surface area contributed by atoms with Gasteiger partial charge in [-0.05, 0) is 31.9 Å². The van der Waals surface area contributed by atoms with E-state index in [1.807, 2.05) is 46.9 Å². The van der Waals surface area contributed by atoms with E-state index in [1.165, 1.54) is 12.8 Å². The zero-order valence-electron chi connectivity index (χ0n) is 13.7. The summed E-state index contributed by atoms with van der Waals surface area (Å²) in [7, 11) is 0. The predicted molar refractivity (Wildman–Crippen MR) is 95.0 cm³/mol. The fourth-order valence-electron chi connectivity index (χ4n) is 3.56. The van der Waals surface area contributed by atoms with Gasteiger partial charge in [0, 0.05) is 10.9 Å². The van der Waals surface area contributed by atoms with Crippen LogP contribution in [-0.2, 0) is 0 Å². The lowest BCUT2D eigenvalue weighted by Gasteiger charge is -2.40. The Morgan fingerprint density at radius 2 is 1.96 bits per heavy atom. The monoisotopic (exact) mass is 343 g/mol. The van der Waals surface area contributed by atoms with Gasteiger partial charge in [0.2, 0.25) is 5.16 Å². The number of anilines is 1. The zero-order chi connectivity index (χ0) is 16.5. The molecule has 24 heavy (non-hydrogen) atoms. The molecule has 2 unspecified atom stereocenters. The van der Waals surface area contributed by atoms with Crippen molar-refractivity contribution >= 4 is 23.5 Å². The van der Waals surface area contributed by atoms with Gasteiger partial charge in [-0.15, -0.1) is 10.2 Å². The van der Waals surface area contributed by atoms with Gasteiger partial charge in [-0.2, -0.15) is 0 Å². The fourth-order valence-corrected chi connectivity index (χ4v) is 4.93. The molecule has 0 bridgehead atoms. The first-order valence-corrected chi connectivity index (χ1v) is 9.36. The van der Waals surface area contributed by atoms with Crippen LogP contribution in [0.1, 0.15) is 37.9 Å². The highest BCUT2D eigenvalue weighted by molar-refractivity contribution is 7.99. The first kappa shape index (κ1) is 15.5. The molecule has 126 valence electrons. The van der Waals surface area contributed by atoms with Gasteiger partial charge in [-0.1, -0.05) is 49.2 Å². The Kier molecular flexibility index (Phi) is 4.18. The third-order valence-electron chi connectivity index (χ3n) is 4.71. The number of carbonyl (C=O) groups excluding carboxylic acids is 1. The number of amides is 2. The molecule has 0 radical (unpaired) electrons. The summed E-state index contributed by atoms with van der Waals surface area (Å²) in [6.07, 6.45) is 5.76. The highest BCUT2D eigenvalue weighted by Gasteiger charge is 2.40. The standard InChI is InChI=1S/C17H21N5OS/c1-12-19-20-17-21(12)22(14-10-6-3-7-11-15(14)24-17)16(23)18-13-8-4-2-5-9-13/h2,4-5,8-9,14-15H,3,6-7,10-11H2,1H3,(H,18,23). The Hall–Kier alpha value is -2.02. The molecule has 2 amide bonds. The Balaban J connectivity index is 1.69. The van der Waals surface area contributed by atoms with E-state index in [1.54, 1.807) is 11.8 Å². The van der Waals surface area contributed by atoms with E-state index in [0.717, 1.165) is 35.9 Å². The SMILES string of the molecule is Cc1nnc2n1N(C(=O)Nc1ccccc1)C1CCCCCC1S2. The maximum absolute atomic E-state index is 13.1. The lowest BCUT2D eigenvalue weighted by molar-refractivity contribution is 0.244. The van der Waals surface area contributed by atoms with Gasteiger partial charge in [0.25, 0.3) is 0 Å². The van der Waals surface area contributed by atoms with Gasteiger partial charge in [0.15, 0.2) is 5.82 Å². The number of fused-ring (bicyclic) bond motifs is 2. The molecule has 0 spiro atoms. The average molecular weight is 343 g/mol. The average Bonchev–Trinajstić information content (AvgIpc) is 2.81. The van der Waals surface area contributed by atoms with Crippen LogP contribution in [-0.4, -0.2) is 32.2 Å². The largest absolute Gasteiger partial charge is 0.341 e. The molecule has 2 atom stereocenters. The molecule has 7 heteroatoms. The predicted octanol–water partition coefficient (Wildman–Crippen LogP) is 3.56. The van der Waals surface area contributed by atoms with Crippen LogP contribution in [0.5, 0.6) is 0 Å². The summed E-state index contributed by atoms with van der Waals surface area (Å²) in [5, 5.41) is 14.5. The topological polar surface area (TPSA) is 63.1 Å². The van der Waals surface area contributed by atoms with Crippen molar-refractivity contribution in [3.05, 3.63) is 36.2 Å². The molecule has 1 aromatic carbocycles. The van der Waals surface area contributed by atoms with E-state index in [0.29, 0.717) is 5.25 Å². The van der Waals surface area contributed by atoms with E-state index >= 15 is 0 Å². The smallest absolute Gasteiger partial charge is 0.306 e. The van der Waals surface area contributed by atoms with Crippen molar-refractivity contribution in [3.63, 3.8) is 0 Å². The van der Waals surface area contributed by atoms with Crippen LogP contribution >= 0.6 is 11.8 Å². The zero-order valence-corrected chi connectivity index (χ0v) is 14.5. The number of carbonyl (C=O) groups is 1. The van der Waals surface area contributed by atoms with Gasteiger partial charge in [0.05, 0.1) is 6.04 Å². The van der Waals surface area contributed by atoms with E-state index in [-0.39, 0.29) is 12.1 Å². The summed E-state index contributed by atoms with van der Waals surface area (Å²) in [6, 6.07) is 9.67. The quantitative estimate of drug-likeness (QED) is 0.860. The molecule has 1 aliphatic heterocycles. The van der Waals surface area contributed by atoms with Crippen molar-refractivity contribution in [1.29, 1.82) is 0 Å². The lowest BCUT2D eigenvalue weighted by Crippen LogP contribution is -2.56. The minimum absolute atomic E-state index is 0.109. The Morgan fingerprint density at radius 1 is 1.17 bits per heavy atom. The maximum atomic E-state index is 13.1. The number of rotatable bonds is 1. The normalized spacial score (nSPS) is 23.1. The van der Waals surface area contributed by atoms with Gasteiger partial charge in [-0.25, -0.2) is 14.5 Å². The van der Waals surface area contributed by atoms with Crippen LogP contribution in [0.15, 0.2) is 35.5 Å². The second-order valence-electron chi connectivity index (χ2n) is 6.34. The summed E-state index contributed by atoms with van der Waals surface area (Å²) in [5.74, 6) is 0.753. The molecule has 6 nitrogen and oxygen atoms in total. The Bertz CT molecular complexity index is 732. The number of nitrogens with one attached hydrogen (secondary N) is 1. The van der Waals surface area contributed by atoms with Crippen molar-refractivity contribution in [2.75, 3.05) is 10.3 Å². The first-order chi connectivity index (χ1) is 11.7. The number of benzene rings is 1. The lowest BCUT2D eigenvalue weighted by atomic mass is 10.1. The van der Waals surface area contributed by atoms with E-state index < -0.39 is 0 Å². The van der Waals surface area contributed by atoms with Crippen molar-refractivity contribution in [1.82, 2.24) is 14.9 Å². The summed E-state index contributed by atoms with van der Waals surface area (Å²) < 4.78 is 1.88. The van der Waals surface area contributed by atoms with Crippen molar-refractivity contribution < 1.29 is 4.79 Å². The molecule has 4 rings (SSSR count). The molecule has 2 heterocycles. The molecule has 1 aliphatic carbocycles. The molecular formula is C17H21N5OS. The molecule has 1 aromatic heterocycles. The van der Waals surface area contributed by atoms with E-state index in [4.69, 9.17) is 0 Å². The van der Waals surface area contributed by atoms with Crippen LogP contribution in [0.25, 0.3) is 0 Å². The van der Waals surface area contributed by atoms with E-state index in [9.17, 15) is 4.79 Å². The van der Waals surface area contributed by atoms with Crippen molar-refractivity contribution in [3.8, 4) is 0 Å². The second kappa shape index (κ2) is 6.47. The number of nitrogens with zero attached hydrogens (tertiary/aromatic N) is 4. The van der Waals surface area contributed by atoms with Gasteiger partial charge < -0.3 is 5.32 Å². The van der Waals surface area contributed by atoms with Crippen LogP contribution in [0, 0.1) is 6.92 Å². The highest BCUT2D eigenvalue weighted by atomic mass is 32.2. The highest BCUT2D eigenvalue weighted by Crippen LogP contribution is 2.39. The van der Waals surface area contributed by atoms with Crippen LogP contribution in [0.3, 0.4) is 0 Å². The molecule has 1 fully saturated rings. The van der Waals surface area contributed by atoms with Gasteiger partial charge in [0.1, 0.15) is 0 Å². The number of aryl methyl sites for hydroxylation is 1. The summed E-state index contributed by atoms with van der Waals surface area (Å²) in [4.78, 5) is 13.1. The van der Waals surface area contributed by atoms with Crippen LogP contribution in [0.2, 0.25) is 0 Å². The number of aromatic nitrogens is 3. The van der Waals surface area contributed by atoms with Crippen molar-refractivity contribution in [2.24, 2.45) is 0 Å². The molecule has 2 aromatic rings. The molecule has 2 aliphatic rings. The van der Waals surface area contributed by atoms with Gasteiger partial charge >= 0.3 is 6.03 Å². The third-order valence-corrected chi connectivity index (χ3v) is 6.02. The molecule has 1 saturated carbocycles. The summed E-state index contributed by atoms with van der Waals surface area (Å²) in [5.41, 5.74) is 0.804. The minimum atomic E-state index is -0.109. The number of hydrogen-bond acceptors (Lipinski definition) is 4. The van der Waals surface area contributed by atoms with Gasteiger partial charge in [-0.3, -0.25) is 0 Å². The Labute approximate surface area is 145 Å². The first-order valence-electron chi connectivity index (χ1n) is 8.48. The number of urea groups is 1. The maximum Gasteiger partial charge on any atom is 0.341 e. The number of para-hydroxylation sites is 1. The van der Waals surface area contributed by atoms with Crippen molar-refractivity contribution in [2.45, 2.75) is 55.5 Å². The van der Waals surface area contributed by atoms with E-state index in [2.05, 4.69) is 15.5 Å². The Morgan fingerprint density at radius 3 is 2.79 bits per heavy atom. The minimum Gasteiger partial charge on any atom is -0.306 e. The number of hydrogen-bond donors (Lipinski definition) is 1. The molecule has 1 N–H and O–H groups in total. The second-order valence-corrected chi connectivity index (χ2v) is 7.55. The third kappa shape index (κ3) is 2.77.